The summed E-state index contributed by atoms with van der Waals surface area (Å²) in [5, 5.41) is 11.7. The van der Waals surface area contributed by atoms with E-state index in [0.717, 1.165) is 11.3 Å². The first-order valence-corrected chi connectivity index (χ1v) is 14.2. The van der Waals surface area contributed by atoms with Crippen molar-refractivity contribution in [1.29, 1.82) is 0 Å². The van der Waals surface area contributed by atoms with Gasteiger partial charge in [0.05, 0.1) is 25.8 Å². The van der Waals surface area contributed by atoms with Gasteiger partial charge < -0.3 is 25.4 Å². The van der Waals surface area contributed by atoms with E-state index in [9.17, 15) is 18.8 Å². The molecule has 2 aromatic rings. The van der Waals surface area contributed by atoms with Crippen molar-refractivity contribution >= 4 is 17.7 Å². The highest BCUT2D eigenvalue weighted by atomic mass is 19.1. The molecule has 2 heterocycles. The van der Waals surface area contributed by atoms with E-state index < -0.39 is 23.9 Å². The minimum Gasteiger partial charge on any atom is -0.492 e. The van der Waals surface area contributed by atoms with E-state index in [-0.39, 0.29) is 30.7 Å². The number of halogens is 1. The quantitative estimate of drug-likeness (QED) is 0.430. The molecule has 2 aliphatic heterocycles. The van der Waals surface area contributed by atoms with Gasteiger partial charge in [0.25, 0.3) is 0 Å². The molecule has 0 radical (unpaired) electrons. The predicted molar refractivity (Wildman–Crippen MR) is 152 cm³/mol. The summed E-state index contributed by atoms with van der Waals surface area (Å²) in [6.45, 7) is 5.15. The van der Waals surface area contributed by atoms with Gasteiger partial charge >= 0.3 is 0 Å². The van der Waals surface area contributed by atoms with Crippen LogP contribution in [-0.4, -0.2) is 93.3 Å². The molecule has 0 unspecified atom stereocenters. The van der Waals surface area contributed by atoms with E-state index in [1.807, 2.05) is 31.2 Å². The number of hydrogen-bond donors (Lipinski definition) is 4. The maximum atomic E-state index is 13.9. The summed E-state index contributed by atoms with van der Waals surface area (Å²) < 4.78 is 25.4. The molecule has 10 nitrogen and oxygen atoms in total. The van der Waals surface area contributed by atoms with Gasteiger partial charge in [0, 0.05) is 32.2 Å². The number of carbonyl (C=O) groups is 3. The SMILES string of the molecule is C[C@H]1COc2ccccc2CCCNC(=O)[C@H](CN2CCOCC2)NC(=O)CNC(=O)[C@@H](Cc2cccc(F)c2)N1. The summed E-state index contributed by atoms with van der Waals surface area (Å²) in [6, 6.07) is 12.1. The van der Waals surface area contributed by atoms with Crippen molar-refractivity contribution in [3.8, 4) is 5.75 Å². The molecular weight excluding hydrogens is 529 g/mol. The summed E-state index contributed by atoms with van der Waals surface area (Å²) in [4.78, 5) is 41.3. The number of nitrogens with one attached hydrogen (secondary N) is 4. The fourth-order valence-electron chi connectivity index (χ4n) is 4.97. The molecule has 4 N–H and O–H groups in total. The van der Waals surface area contributed by atoms with Crippen LogP contribution in [0.4, 0.5) is 4.39 Å². The van der Waals surface area contributed by atoms with E-state index in [0.29, 0.717) is 64.4 Å². The predicted octanol–water partition coefficient (Wildman–Crippen LogP) is 0.790. The van der Waals surface area contributed by atoms with Crippen molar-refractivity contribution < 1.29 is 28.2 Å². The third-order valence-electron chi connectivity index (χ3n) is 7.13. The summed E-state index contributed by atoms with van der Waals surface area (Å²) in [5.74, 6) is -0.798. The molecule has 41 heavy (non-hydrogen) atoms. The number of nitrogens with zero attached hydrogens (tertiary/aromatic N) is 1. The zero-order valence-electron chi connectivity index (χ0n) is 23.5. The van der Waals surface area contributed by atoms with Gasteiger partial charge in [-0.25, -0.2) is 4.39 Å². The molecule has 4 rings (SSSR count). The lowest BCUT2D eigenvalue weighted by atomic mass is 10.0. The second-order valence-corrected chi connectivity index (χ2v) is 10.5. The summed E-state index contributed by atoms with van der Waals surface area (Å²) in [5.41, 5.74) is 1.66. The number of hydrogen-bond acceptors (Lipinski definition) is 7. The highest BCUT2D eigenvalue weighted by molar-refractivity contribution is 5.91. The molecule has 0 aliphatic carbocycles. The molecule has 0 spiro atoms. The molecule has 11 heteroatoms. The Kier molecular flexibility index (Phi) is 11.5. The average molecular weight is 570 g/mol. The van der Waals surface area contributed by atoms with Crippen molar-refractivity contribution in [3.63, 3.8) is 0 Å². The number of fused-ring (bicyclic) bond motifs is 1. The molecule has 3 atom stereocenters. The van der Waals surface area contributed by atoms with Gasteiger partial charge in [0.1, 0.15) is 24.2 Å². The topological polar surface area (TPSA) is 121 Å². The van der Waals surface area contributed by atoms with Crippen molar-refractivity contribution in [3.05, 3.63) is 65.5 Å². The minimum absolute atomic E-state index is 0.216. The summed E-state index contributed by atoms with van der Waals surface area (Å²) in [6.07, 6.45) is 1.61. The maximum Gasteiger partial charge on any atom is 0.243 e. The highest BCUT2D eigenvalue weighted by Crippen LogP contribution is 2.20. The van der Waals surface area contributed by atoms with Crippen LogP contribution in [0.5, 0.6) is 5.75 Å². The standard InChI is InChI=1S/C30H40FN5O5/c1-21-20-41-27-10-3-2-7-23(27)8-5-11-32-30(39)26(19-36-12-14-40-15-13-36)35-28(37)18-33-29(38)25(34-21)17-22-6-4-9-24(31)16-22/h2-4,6-7,9-10,16,21,25-26,34H,5,8,11-15,17-20H2,1H3,(H,32,39)(H,33,38)(H,35,37)/t21-,25+,26-/m0/s1. The number of amides is 3. The Hall–Kier alpha value is -3.54. The van der Waals surface area contributed by atoms with Crippen LogP contribution in [0.3, 0.4) is 0 Å². The number of ether oxygens (including phenoxy) is 2. The molecule has 2 aliphatic rings. The van der Waals surface area contributed by atoms with Crippen LogP contribution >= 0.6 is 0 Å². The number of benzene rings is 2. The van der Waals surface area contributed by atoms with Crippen LogP contribution in [-0.2, 0) is 32.0 Å². The van der Waals surface area contributed by atoms with Gasteiger partial charge in [-0.3, -0.25) is 24.6 Å². The van der Waals surface area contributed by atoms with Crippen LogP contribution in [0, 0.1) is 5.82 Å². The average Bonchev–Trinajstić information content (AvgIpc) is 2.97. The Bertz CT molecular complexity index is 1180. The molecule has 222 valence electrons. The van der Waals surface area contributed by atoms with E-state index in [1.54, 1.807) is 12.1 Å². The van der Waals surface area contributed by atoms with E-state index in [2.05, 4.69) is 26.2 Å². The van der Waals surface area contributed by atoms with Gasteiger partial charge in [-0.15, -0.1) is 0 Å². The third kappa shape index (κ3) is 9.80. The Morgan fingerprint density at radius 3 is 2.56 bits per heavy atom. The Morgan fingerprint density at radius 1 is 0.976 bits per heavy atom. The van der Waals surface area contributed by atoms with Crippen LogP contribution < -0.4 is 26.0 Å². The second kappa shape index (κ2) is 15.5. The smallest absolute Gasteiger partial charge is 0.243 e. The molecule has 1 fully saturated rings. The van der Waals surface area contributed by atoms with E-state index in [4.69, 9.17) is 9.47 Å². The van der Waals surface area contributed by atoms with Gasteiger partial charge in [0.2, 0.25) is 17.7 Å². The Labute approximate surface area is 240 Å². The van der Waals surface area contributed by atoms with Gasteiger partial charge in [-0.05, 0) is 55.5 Å². The first-order chi connectivity index (χ1) is 19.9. The lowest BCUT2D eigenvalue weighted by Crippen LogP contribution is -2.56. The Morgan fingerprint density at radius 2 is 1.76 bits per heavy atom. The van der Waals surface area contributed by atoms with Crippen molar-refractivity contribution in [2.75, 3.05) is 52.5 Å². The van der Waals surface area contributed by atoms with Crippen molar-refractivity contribution in [1.82, 2.24) is 26.2 Å². The van der Waals surface area contributed by atoms with E-state index in [1.165, 1.54) is 12.1 Å². The molecule has 3 amide bonds. The zero-order valence-corrected chi connectivity index (χ0v) is 23.5. The lowest BCUT2D eigenvalue weighted by molar-refractivity contribution is -0.130. The molecule has 0 saturated carbocycles. The second-order valence-electron chi connectivity index (χ2n) is 10.5. The number of morpholine rings is 1. The maximum absolute atomic E-state index is 13.9. The molecule has 1 saturated heterocycles. The number of para-hydroxylation sites is 1. The number of carbonyl (C=O) groups excluding carboxylic acids is 3. The first-order valence-electron chi connectivity index (χ1n) is 14.2. The van der Waals surface area contributed by atoms with Gasteiger partial charge in [-0.1, -0.05) is 30.3 Å². The van der Waals surface area contributed by atoms with Crippen molar-refractivity contribution in [2.24, 2.45) is 0 Å². The fourth-order valence-corrected chi connectivity index (χ4v) is 4.97. The largest absolute Gasteiger partial charge is 0.492 e. The summed E-state index contributed by atoms with van der Waals surface area (Å²) in [7, 11) is 0. The monoisotopic (exact) mass is 569 g/mol. The van der Waals surface area contributed by atoms with Crippen LogP contribution in [0.15, 0.2) is 48.5 Å². The number of rotatable bonds is 4. The molecule has 0 aromatic heterocycles. The normalized spacial score (nSPS) is 24.0. The summed E-state index contributed by atoms with van der Waals surface area (Å²) >= 11 is 0. The molecule has 2 aromatic carbocycles. The van der Waals surface area contributed by atoms with E-state index >= 15 is 0 Å². The molecular formula is C30H40FN5O5. The van der Waals surface area contributed by atoms with Crippen LogP contribution in [0.1, 0.15) is 24.5 Å². The van der Waals surface area contributed by atoms with Crippen molar-refractivity contribution in [2.45, 2.75) is 44.3 Å². The fraction of sp³-hybridized carbons (Fsp3) is 0.500. The first kappa shape index (κ1) is 30.4. The zero-order chi connectivity index (χ0) is 29.0. The number of aryl methyl sites for hydroxylation is 1. The van der Waals surface area contributed by atoms with Gasteiger partial charge in [-0.2, -0.15) is 0 Å². The highest BCUT2D eigenvalue weighted by Gasteiger charge is 2.26. The van der Waals surface area contributed by atoms with Crippen LogP contribution in [0.2, 0.25) is 0 Å². The lowest BCUT2D eigenvalue weighted by Gasteiger charge is -2.30. The third-order valence-corrected chi connectivity index (χ3v) is 7.13. The van der Waals surface area contributed by atoms with Gasteiger partial charge in [0.15, 0.2) is 0 Å². The Balaban J connectivity index is 1.51. The molecule has 0 bridgehead atoms. The van der Waals surface area contributed by atoms with Crippen LogP contribution in [0.25, 0.3) is 0 Å². The minimum atomic E-state index is -0.784.